The molecule has 0 saturated heterocycles. The summed E-state index contributed by atoms with van der Waals surface area (Å²) < 4.78 is 4.88. The van der Waals surface area contributed by atoms with Gasteiger partial charge in [-0.15, -0.1) is 11.3 Å². The van der Waals surface area contributed by atoms with Gasteiger partial charge in [-0.3, -0.25) is 4.79 Å². The van der Waals surface area contributed by atoms with Crippen LogP contribution in [0.15, 0.2) is 11.4 Å². The largest absolute Gasteiger partial charge is 0.480 e. The Morgan fingerprint density at radius 1 is 1.50 bits per heavy atom. The molecule has 0 saturated carbocycles. The summed E-state index contributed by atoms with van der Waals surface area (Å²) in [5, 5.41) is 13.5. The van der Waals surface area contributed by atoms with Gasteiger partial charge in [-0.1, -0.05) is 6.92 Å². The minimum absolute atomic E-state index is 0.250. The summed E-state index contributed by atoms with van der Waals surface area (Å²) in [5.74, 6) is -1.04. The average Bonchev–Trinajstić information content (AvgIpc) is 2.87. The normalized spacial score (nSPS) is 10.3. The summed E-state index contributed by atoms with van der Waals surface area (Å²) >= 11 is 1.59. The van der Waals surface area contributed by atoms with Crippen molar-refractivity contribution in [1.82, 2.24) is 10.2 Å². The second-order valence-electron chi connectivity index (χ2n) is 4.19. The lowest BCUT2D eigenvalue weighted by Gasteiger charge is -2.20. The molecule has 2 amide bonds. The molecule has 0 aromatic carbocycles. The number of urea groups is 1. The molecule has 7 heteroatoms. The van der Waals surface area contributed by atoms with Crippen LogP contribution in [-0.4, -0.2) is 48.8 Å². The van der Waals surface area contributed by atoms with Crippen LogP contribution in [0.25, 0.3) is 0 Å². The number of amides is 2. The number of aryl methyl sites for hydroxylation is 1. The summed E-state index contributed by atoms with van der Waals surface area (Å²) in [7, 11) is 1.51. The van der Waals surface area contributed by atoms with Crippen LogP contribution in [0.4, 0.5) is 4.79 Å². The van der Waals surface area contributed by atoms with Crippen LogP contribution in [0.1, 0.15) is 17.4 Å². The van der Waals surface area contributed by atoms with Gasteiger partial charge in [0.25, 0.3) is 0 Å². The van der Waals surface area contributed by atoms with Crippen molar-refractivity contribution in [2.75, 3.05) is 26.8 Å². The van der Waals surface area contributed by atoms with Gasteiger partial charge in [-0.05, 0) is 23.4 Å². The molecular weight excluding hydrogens is 280 g/mol. The smallest absolute Gasteiger partial charge is 0.323 e. The van der Waals surface area contributed by atoms with Crippen molar-refractivity contribution in [2.24, 2.45) is 0 Å². The number of hydrogen-bond donors (Lipinski definition) is 2. The molecule has 1 aromatic rings. The standard InChI is InChI=1S/C13H20N2O4S/c1-3-10-4-7-20-11(10)8-14-13(18)15(5-6-19-2)9-12(16)17/h4,7H,3,5-6,8-9H2,1-2H3,(H,14,18)(H,16,17). The minimum Gasteiger partial charge on any atom is -0.480 e. The van der Waals surface area contributed by atoms with E-state index in [2.05, 4.69) is 12.2 Å². The van der Waals surface area contributed by atoms with Gasteiger partial charge in [0.2, 0.25) is 0 Å². The third-order valence-corrected chi connectivity index (χ3v) is 3.76. The maximum absolute atomic E-state index is 12.0. The van der Waals surface area contributed by atoms with Gasteiger partial charge >= 0.3 is 12.0 Å². The topological polar surface area (TPSA) is 78.9 Å². The van der Waals surface area contributed by atoms with Gasteiger partial charge in [-0.2, -0.15) is 0 Å². The number of carbonyl (C=O) groups excluding carboxylic acids is 1. The summed E-state index contributed by atoms with van der Waals surface area (Å²) in [6.07, 6.45) is 0.914. The number of rotatable bonds is 8. The molecule has 6 nitrogen and oxygen atoms in total. The molecule has 0 spiro atoms. The molecule has 0 bridgehead atoms. The van der Waals surface area contributed by atoms with E-state index >= 15 is 0 Å². The fourth-order valence-corrected chi connectivity index (χ4v) is 2.64. The number of hydrogen-bond acceptors (Lipinski definition) is 4. The van der Waals surface area contributed by atoms with Gasteiger partial charge in [0.05, 0.1) is 13.2 Å². The number of nitrogens with zero attached hydrogens (tertiary/aromatic N) is 1. The van der Waals surface area contributed by atoms with E-state index in [0.717, 1.165) is 11.3 Å². The van der Waals surface area contributed by atoms with Crippen LogP contribution in [0.3, 0.4) is 0 Å². The van der Waals surface area contributed by atoms with E-state index in [-0.39, 0.29) is 19.1 Å². The number of methoxy groups -OCH3 is 1. The Kier molecular flexibility index (Phi) is 7.03. The van der Waals surface area contributed by atoms with Crippen LogP contribution in [0.5, 0.6) is 0 Å². The minimum atomic E-state index is -1.04. The molecule has 0 aliphatic heterocycles. The molecule has 112 valence electrons. The molecule has 0 aliphatic rings. The zero-order valence-electron chi connectivity index (χ0n) is 11.7. The number of carbonyl (C=O) groups is 2. The Morgan fingerprint density at radius 3 is 2.85 bits per heavy atom. The Labute approximate surface area is 122 Å². The first-order valence-corrected chi connectivity index (χ1v) is 7.25. The molecule has 1 aromatic heterocycles. The van der Waals surface area contributed by atoms with Crippen LogP contribution < -0.4 is 5.32 Å². The lowest BCUT2D eigenvalue weighted by Crippen LogP contribution is -2.44. The zero-order valence-corrected chi connectivity index (χ0v) is 12.5. The zero-order chi connectivity index (χ0) is 15.0. The lowest BCUT2D eigenvalue weighted by molar-refractivity contribution is -0.137. The first-order chi connectivity index (χ1) is 9.58. The van der Waals surface area contributed by atoms with Crippen LogP contribution in [-0.2, 0) is 22.5 Å². The van der Waals surface area contributed by atoms with Crippen LogP contribution >= 0.6 is 11.3 Å². The van der Waals surface area contributed by atoms with E-state index in [1.807, 2.05) is 11.4 Å². The van der Waals surface area contributed by atoms with Crippen LogP contribution in [0, 0.1) is 0 Å². The first-order valence-electron chi connectivity index (χ1n) is 6.37. The van der Waals surface area contributed by atoms with Gasteiger partial charge < -0.3 is 20.1 Å². The van der Waals surface area contributed by atoms with Crippen molar-refractivity contribution in [3.8, 4) is 0 Å². The van der Waals surface area contributed by atoms with Crippen molar-refractivity contribution < 1.29 is 19.4 Å². The summed E-state index contributed by atoms with van der Waals surface area (Å²) in [5.41, 5.74) is 1.21. The van der Waals surface area contributed by atoms with Crippen molar-refractivity contribution >= 4 is 23.3 Å². The first kappa shape index (κ1) is 16.5. The maximum Gasteiger partial charge on any atom is 0.323 e. The molecule has 2 N–H and O–H groups in total. The number of thiophene rings is 1. The van der Waals surface area contributed by atoms with Gasteiger partial charge in [0.15, 0.2) is 0 Å². The fraction of sp³-hybridized carbons (Fsp3) is 0.538. The highest BCUT2D eigenvalue weighted by Gasteiger charge is 2.16. The molecule has 0 fully saturated rings. The Morgan fingerprint density at radius 2 is 2.25 bits per heavy atom. The average molecular weight is 300 g/mol. The van der Waals surface area contributed by atoms with E-state index in [1.165, 1.54) is 17.6 Å². The molecule has 20 heavy (non-hydrogen) atoms. The SMILES string of the molecule is CCc1ccsc1CNC(=O)N(CCOC)CC(=O)O. The lowest BCUT2D eigenvalue weighted by atomic mass is 10.2. The third-order valence-electron chi connectivity index (χ3n) is 2.80. The second kappa shape index (κ2) is 8.55. The predicted molar refractivity (Wildman–Crippen MR) is 77.0 cm³/mol. The number of carboxylic acids is 1. The number of carboxylic acid groups (broad SMARTS) is 1. The molecule has 1 rings (SSSR count). The summed E-state index contributed by atoms with van der Waals surface area (Å²) in [6, 6.07) is 1.64. The van der Waals surface area contributed by atoms with Crippen LogP contribution in [0.2, 0.25) is 0 Å². The third kappa shape index (κ3) is 5.18. The second-order valence-corrected chi connectivity index (χ2v) is 5.19. The molecule has 1 heterocycles. The highest BCUT2D eigenvalue weighted by Crippen LogP contribution is 2.16. The Bertz CT molecular complexity index is 447. The molecular formula is C13H20N2O4S. The summed E-state index contributed by atoms with van der Waals surface area (Å²) in [4.78, 5) is 25.1. The van der Waals surface area contributed by atoms with Gasteiger partial charge in [-0.25, -0.2) is 4.79 Å². The van der Waals surface area contributed by atoms with E-state index in [0.29, 0.717) is 13.2 Å². The number of nitrogens with one attached hydrogen (secondary N) is 1. The number of aliphatic carboxylic acids is 1. The van der Waals surface area contributed by atoms with Crippen molar-refractivity contribution in [3.63, 3.8) is 0 Å². The molecule has 0 radical (unpaired) electrons. The van der Waals surface area contributed by atoms with E-state index in [1.54, 1.807) is 11.3 Å². The predicted octanol–water partition coefficient (Wildman–Crippen LogP) is 1.55. The van der Waals surface area contributed by atoms with Crippen molar-refractivity contribution in [1.29, 1.82) is 0 Å². The molecule has 0 atom stereocenters. The van der Waals surface area contributed by atoms with E-state index in [9.17, 15) is 9.59 Å². The molecule has 0 aliphatic carbocycles. The highest BCUT2D eigenvalue weighted by molar-refractivity contribution is 7.10. The fourth-order valence-electron chi connectivity index (χ4n) is 1.72. The monoisotopic (exact) mass is 300 g/mol. The maximum atomic E-state index is 12.0. The van der Waals surface area contributed by atoms with E-state index in [4.69, 9.17) is 9.84 Å². The Hall–Kier alpha value is -1.60. The van der Waals surface area contributed by atoms with Crippen molar-refractivity contribution in [2.45, 2.75) is 19.9 Å². The number of ether oxygens (including phenoxy) is 1. The molecule has 0 unspecified atom stereocenters. The highest BCUT2D eigenvalue weighted by atomic mass is 32.1. The van der Waals surface area contributed by atoms with E-state index < -0.39 is 5.97 Å². The summed E-state index contributed by atoms with van der Waals surface area (Å²) in [6.45, 7) is 2.70. The Balaban J connectivity index is 2.54. The quantitative estimate of drug-likeness (QED) is 0.763. The van der Waals surface area contributed by atoms with Gasteiger partial charge in [0.1, 0.15) is 6.54 Å². The van der Waals surface area contributed by atoms with Crippen molar-refractivity contribution in [3.05, 3.63) is 21.9 Å². The van der Waals surface area contributed by atoms with Gasteiger partial charge in [0, 0.05) is 18.5 Å².